The summed E-state index contributed by atoms with van der Waals surface area (Å²) in [6.45, 7) is 4.18. The molecular weight excluding hydrogens is 380 g/mol. The highest BCUT2D eigenvalue weighted by molar-refractivity contribution is 6.01. The number of anilines is 3. The summed E-state index contributed by atoms with van der Waals surface area (Å²) in [5.74, 6) is 0.0680. The SMILES string of the molecule is CN(C)c1ccc([C@@H]2Nc3ccccc3NC3=C2C(=O)CC(C)(C)C3)cc1[N+](=O)[O-]. The Morgan fingerprint density at radius 2 is 1.80 bits per heavy atom. The molecule has 1 aliphatic heterocycles. The van der Waals surface area contributed by atoms with E-state index in [2.05, 4.69) is 24.5 Å². The van der Waals surface area contributed by atoms with Crippen molar-refractivity contribution in [3.8, 4) is 0 Å². The van der Waals surface area contributed by atoms with Gasteiger partial charge in [-0.3, -0.25) is 14.9 Å². The minimum Gasteiger partial charge on any atom is -0.372 e. The van der Waals surface area contributed by atoms with Crippen LogP contribution in [0.3, 0.4) is 0 Å². The first-order valence-corrected chi connectivity index (χ1v) is 10.0. The number of hydrogen-bond acceptors (Lipinski definition) is 6. The van der Waals surface area contributed by atoms with Gasteiger partial charge in [0.05, 0.1) is 22.3 Å². The number of nitro benzene ring substituents is 1. The fourth-order valence-corrected chi connectivity index (χ4v) is 4.38. The van der Waals surface area contributed by atoms with Gasteiger partial charge < -0.3 is 15.5 Å². The summed E-state index contributed by atoms with van der Waals surface area (Å²) in [6, 6.07) is 12.5. The molecule has 1 heterocycles. The molecule has 0 bridgehead atoms. The highest BCUT2D eigenvalue weighted by Crippen LogP contribution is 2.46. The molecule has 0 spiro atoms. The number of nitro groups is 1. The van der Waals surface area contributed by atoms with Crippen molar-refractivity contribution in [2.75, 3.05) is 29.6 Å². The summed E-state index contributed by atoms with van der Waals surface area (Å²) < 4.78 is 0. The zero-order valence-electron chi connectivity index (χ0n) is 17.7. The number of rotatable bonds is 3. The number of benzene rings is 2. The van der Waals surface area contributed by atoms with Gasteiger partial charge in [0.1, 0.15) is 5.69 Å². The summed E-state index contributed by atoms with van der Waals surface area (Å²) in [7, 11) is 3.55. The lowest BCUT2D eigenvalue weighted by molar-refractivity contribution is -0.384. The first kappa shape index (κ1) is 19.9. The van der Waals surface area contributed by atoms with E-state index in [1.54, 1.807) is 31.1 Å². The van der Waals surface area contributed by atoms with Crippen LogP contribution in [0.1, 0.15) is 38.3 Å². The molecule has 0 unspecified atom stereocenters. The number of nitrogens with zero attached hydrogens (tertiary/aromatic N) is 2. The number of Topliss-reactive ketones (excluding diaryl/α,β-unsaturated/α-hetero) is 1. The molecule has 0 saturated heterocycles. The molecule has 0 amide bonds. The van der Waals surface area contributed by atoms with E-state index in [9.17, 15) is 14.9 Å². The Labute approximate surface area is 175 Å². The van der Waals surface area contributed by atoms with Crippen LogP contribution in [-0.4, -0.2) is 24.8 Å². The standard InChI is InChI=1S/C23H26N4O3/c1-23(2)12-17-21(20(28)13-23)22(25-16-8-6-5-7-15(16)24-17)14-9-10-18(26(3)4)19(11-14)27(29)30/h5-11,22,24-25H,12-13H2,1-4H3/t22-/m0/s1. The van der Waals surface area contributed by atoms with Crippen LogP contribution in [0.4, 0.5) is 22.7 Å². The Morgan fingerprint density at radius 3 is 2.47 bits per heavy atom. The van der Waals surface area contributed by atoms with E-state index in [-0.39, 0.29) is 21.8 Å². The molecule has 7 heteroatoms. The summed E-state index contributed by atoms with van der Waals surface area (Å²) in [5.41, 5.74) is 4.42. The van der Waals surface area contributed by atoms with Gasteiger partial charge in [-0.15, -0.1) is 0 Å². The topological polar surface area (TPSA) is 87.5 Å². The van der Waals surface area contributed by atoms with Crippen LogP contribution < -0.4 is 15.5 Å². The monoisotopic (exact) mass is 406 g/mol. The van der Waals surface area contributed by atoms with Gasteiger partial charge in [0.2, 0.25) is 0 Å². The molecule has 156 valence electrons. The number of carbonyl (C=O) groups excluding carboxylic acids is 1. The zero-order chi connectivity index (χ0) is 21.6. The van der Waals surface area contributed by atoms with Crippen LogP contribution in [0.15, 0.2) is 53.7 Å². The average Bonchev–Trinajstić information content (AvgIpc) is 2.82. The first-order chi connectivity index (χ1) is 14.2. The largest absolute Gasteiger partial charge is 0.372 e. The number of carbonyl (C=O) groups is 1. The maximum Gasteiger partial charge on any atom is 0.292 e. The molecule has 2 aromatic carbocycles. The molecule has 0 saturated carbocycles. The van der Waals surface area contributed by atoms with Crippen LogP contribution in [0.25, 0.3) is 0 Å². The third kappa shape index (κ3) is 3.51. The normalized spacial score (nSPS) is 19.7. The van der Waals surface area contributed by atoms with Crippen molar-refractivity contribution in [3.63, 3.8) is 0 Å². The van der Waals surface area contributed by atoms with Gasteiger partial charge in [-0.2, -0.15) is 0 Å². The van der Waals surface area contributed by atoms with Crippen molar-refractivity contribution < 1.29 is 9.72 Å². The summed E-state index contributed by atoms with van der Waals surface area (Å²) in [4.78, 5) is 26.3. The van der Waals surface area contributed by atoms with Gasteiger partial charge in [0.25, 0.3) is 5.69 Å². The van der Waals surface area contributed by atoms with Crippen LogP contribution in [0.2, 0.25) is 0 Å². The van der Waals surface area contributed by atoms with E-state index in [0.29, 0.717) is 23.2 Å². The second-order valence-electron chi connectivity index (χ2n) is 8.98. The Kier molecular flexibility index (Phi) is 4.76. The number of fused-ring (bicyclic) bond motifs is 1. The number of para-hydroxylation sites is 2. The molecule has 7 nitrogen and oxygen atoms in total. The molecule has 0 radical (unpaired) electrons. The first-order valence-electron chi connectivity index (χ1n) is 10.0. The number of allylic oxidation sites excluding steroid dienone is 1. The summed E-state index contributed by atoms with van der Waals surface area (Å²) >= 11 is 0. The molecule has 1 aliphatic carbocycles. The van der Waals surface area contributed by atoms with E-state index in [1.807, 2.05) is 30.3 Å². The van der Waals surface area contributed by atoms with Crippen molar-refractivity contribution in [1.82, 2.24) is 0 Å². The third-order valence-electron chi connectivity index (χ3n) is 5.73. The van der Waals surface area contributed by atoms with E-state index in [0.717, 1.165) is 23.5 Å². The molecule has 0 fully saturated rings. The average molecular weight is 406 g/mol. The second kappa shape index (κ2) is 7.16. The smallest absolute Gasteiger partial charge is 0.292 e. The van der Waals surface area contributed by atoms with Crippen molar-refractivity contribution in [3.05, 3.63) is 69.4 Å². The van der Waals surface area contributed by atoms with Crippen molar-refractivity contribution in [1.29, 1.82) is 0 Å². The van der Waals surface area contributed by atoms with Crippen LogP contribution in [0.5, 0.6) is 0 Å². The van der Waals surface area contributed by atoms with Gasteiger partial charge in [0.15, 0.2) is 5.78 Å². The minimum absolute atomic E-state index is 0.0236. The number of nitrogens with one attached hydrogen (secondary N) is 2. The molecule has 2 aliphatic rings. The van der Waals surface area contributed by atoms with Gasteiger partial charge >= 0.3 is 0 Å². The number of ketones is 1. The van der Waals surface area contributed by atoms with Crippen LogP contribution in [-0.2, 0) is 4.79 Å². The third-order valence-corrected chi connectivity index (χ3v) is 5.73. The molecule has 0 aromatic heterocycles. The predicted molar refractivity (Wildman–Crippen MR) is 119 cm³/mol. The lowest BCUT2D eigenvalue weighted by Crippen LogP contribution is -2.31. The lowest BCUT2D eigenvalue weighted by atomic mass is 9.73. The highest BCUT2D eigenvalue weighted by Gasteiger charge is 2.39. The van der Waals surface area contributed by atoms with E-state index >= 15 is 0 Å². The highest BCUT2D eigenvalue weighted by atomic mass is 16.6. The van der Waals surface area contributed by atoms with Crippen molar-refractivity contribution in [2.45, 2.75) is 32.7 Å². The van der Waals surface area contributed by atoms with Crippen LogP contribution in [0, 0.1) is 15.5 Å². The Hall–Kier alpha value is -3.35. The number of hydrogen-bond donors (Lipinski definition) is 2. The fraction of sp³-hybridized carbons (Fsp3) is 0.348. The maximum atomic E-state index is 13.2. The summed E-state index contributed by atoms with van der Waals surface area (Å²) in [5, 5.41) is 18.7. The van der Waals surface area contributed by atoms with Gasteiger partial charge in [-0.1, -0.05) is 32.0 Å². The Bertz CT molecular complexity index is 1070. The molecule has 30 heavy (non-hydrogen) atoms. The van der Waals surface area contributed by atoms with Gasteiger partial charge in [-0.25, -0.2) is 0 Å². The van der Waals surface area contributed by atoms with Gasteiger partial charge in [-0.05, 0) is 35.6 Å². The van der Waals surface area contributed by atoms with Crippen molar-refractivity contribution in [2.24, 2.45) is 5.41 Å². The van der Waals surface area contributed by atoms with E-state index in [4.69, 9.17) is 0 Å². The van der Waals surface area contributed by atoms with Crippen LogP contribution >= 0.6 is 0 Å². The van der Waals surface area contributed by atoms with E-state index < -0.39 is 6.04 Å². The molecule has 2 N–H and O–H groups in total. The van der Waals surface area contributed by atoms with E-state index in [1.165, 1.54) is 0 Å². The molecular formula is C23H26N4O3. The zero-order valence-corrected chi connectivity index (χ0v) is 17.7. The molecule has 2 aromatic rings. The lowest BCUT2D eigenvalue weighted by Gasteiger charge is -2.34. The van der Waals surface area contributed by atoms with Crippen molar-refractivity contribution >= 4 is 28.5 Å². The minimum atomic E-state index is -0.463. The second-order valence-corrected chi connectivity index (χ2v) is 8.98. The Morgan fingerprint density at radius 1 is 1.10 bits per heavy atom. The fourth-order valence-electron chi connectivity index (χ4n) is 4.38. The van der Waals surface area contributed by atoms with Gasteiger partial charge in [0, 0.05) is 37.9 Å². The molecule has 4 rings (SSSR count). The molecule has 1 atom stereocenters. The summed E-state index contributed by atoms with van der Waals surface area (Å²) in [6.07, 6.45) is 1.18. The quantitative estimate of drug-likeness (QED) is 0.558. The predicted octanol–water partition coefficient (Wildman–Crippen LogP) is 4.88. The maximum absolute atomic E-state index is 13.2. The Balaban J connectivity index is 1.90.